The van der Waals surface area contributed by atoms with Crippen molar-refractivity contribution in [1.82, 2.24) is 18.9 Å². The molecule has 27 heavy (non-hydrogen) atoms. The SMILES string of the molecule is CCOC(=O)CCCn1c(=O)c2c(C)nc(CC)n2c2nc(OC)ccc21. The third-order valence-electron chi connectivity index (χ3n) is 4.49. The predicted molar refractivity (Wildman–Crippen MR) is 101 cm³/mol. The topological polar surface area (TPSA) is 87.7 Å². The molecule has 0 saturated heterocycles. The van der Waals surface area contributed by atoms with Crippen LogP contribution in [0.2, 0.25) is 0 Å². The van der Waals surface area contributed by atoms with E-state index < -0.39 is 0 Å². The van der Waals surface area contributed by atoms with Gasteiger partial charge in [0.15, 0.2) is 5.65 Å². The summed E-state index contributed by atoms with van der Waals surface area (Å²) < 4.78 is 13.7. The van der Waals surface area contributed by atoms with Crippen LogP contribution in [0.25, 0.3) is 16.7 Å². The number of carbonyl (C=O) groups is 1. The van der Waals surface area contributed by atoms with E-state index in [-0.39, 0.29) is 17.9 Å². The molecule has 3 aromatic heterocycles. The van der Waals surface area contributed by atoms with Crippen molar-refractivity contribution in [2.24, 2.45) is 0 Å². The summed E-state index contributed by atoms with van der Waals surface area (Å²) in [5, 5.41) is 0. The van der Waals surface area contributed by atoms with Gasteiger partial charge in [-0.05, 0) is 26.3 Å². The van der Waals surface area contributed by atoms with E-state index in [0.29, 0.717) is 54.2 Å². The molecule has 0 atom stereocenters. The van der Waals surface area contributed by atoms with Gasteiger partial charge in [0.2, 0.25) is 5.88 Å². The van der Waals surface area contributed by atoms with Gasteiger partial charge in [-0.15, -0.1) is 0 Å². The molecule has 8 nitrogen and oxygen atoms in total. The zero-order chi connectivity index (χ0) is 19.6. The van der Waals surface area contributed by atoms with E-state index in [2.05, 4.69) is 9.97 Å². The standard InChI is InChI=1S/C19H24N4O4/c1-5-14-20-12(3)17-19(25)22(11-7-8-16(24)27-6-2)13-9-10-15(26-4)21-18(13)23(14)17/h9-10H,5-8,11H2,1-4H3. The molecule has 8 heteroatoms. The number of aromatic nitrogens is 4. The number of pyridine rings is 1. The minimum atomic E-state index is -0.260. The molecule has 0 aromatic carbocycles. The molecule has 0 aliphatic carbocycles. The highest BCUT2D eigenvalue weighted by Crippen LogP contribution is 2.21. The van der Waals surface area contributed by atoms with Crippen LogP contribution < -0.4 is 10.3 Å². The minimum Gasteiger partial charge on any atom is -0.481 e. The zero-order valence-corrected chi connectivity index (χ0v) is 16.1. The number of hydrogen-bond acceptors (Lipinski definition) is 6. The summed E-state index contributed by atoms with van der Waals surface area (Å²) in [7, 11) is 1.56. The first-order valence-electron chi connectivity index (χ1n) is 9.12. The van der Waals surface area contributed by atoms with Crippen LogP contribution in [0, 0.1) is 6.92 Å². The summed E-state index contributed by atoms with van der Waals surface area (Å²) >= 11 is 0. The highest BCUT2D eigenvalue weighted by molar-refractivity contribution is 5.77. The number of rotatable bonds is 7. The van der Waals surface area contributed by atoms with Crippen LogP contribution in [0.1, 0.15) is 38.2 Å². The van der Waals surface area contributed by atoms with E-state index in [9.17, 15) is 9.59 Å². The van der Waals surface area contributed by atoms with Crippen molar-refractivity contribution in [2.45, 2.75) is 46.6 Å². The van der Waals surface area contributed by atoms with Gasteiger partial charge in [0.25, 0.3) is 5.56 Å². The number of aryl methyl sites for hydroxylation is 3. The molecule has 0 amide bonds. The second-order valence-electron chi connectivity index (χ2n) is 6.21. The number of esters is 1. The van der Waals surface area contributed by atoms with Gasteiger partial charge >= 0.3 is 5.97 Å². The summed E-state index contributed by atoms with van der Waals surface area (Å²) in [5.41, 5.74) is 2.35. The fourth-order valence-electron chi connectivity index (χ4n) is 3.29. The molecule has 3 heterocycles. The number of nitrogens with zero attached hydrogens (tertiary/aromatic N) is 4. The lowest BCUT2D eigenvalue weighted by Gasteiger charge is -2.13. The minimum absolute atomic E-state index is 0.136. The third-order valence-corrected chi connectivity index (χ3v) is 4.49. The van der Waals surface area contributed by atoms with Gasteiger partial charge in [-0.3, -0.25) is 14.0 Å². The smallest absolute Gasteiger partial charge is 0.305 e. The Morgan fingerprint density at radius 3 is 2.67 bits per heavy atom. The number of imidazole rings is 1. The predicted octanol–water partition coefficient (Wildman–Crippen LogP) is 2.27. The maximum atomic E-state index is 13.2. The van der Waals surface area contributed by atoms with Crippen LogP contribution in [0.15, 0.2) is 16.9 Å². The lowest BCUT2D eigenvalue weighted by molar-refractivity contribution is -0.143. The molecule has 0 aliphatic heterocycles. The first-order valence-corrected chi connectivity index (χ1v) is 9.12. The van der Waals surface area contributed by atoms with Crippen LogP contribution in [0.3, 0.4) is 0 Å². The largest absolute Gasteiger partial charge is 0.481 e. The van der Waals surface area contributed by atoms with Crippen LogP contribution in [0.5, 0.6) is 5.88 Å². The Morgan fingerprint density at radius 2 is 2.00 bits per heavy atom. The van der Waals surface area contributed by atoms with Gasteiger partial charge in [-0.25, -0.2) is 4.98 Å². The molecular weight excluding hydrogens is 348 g/mol. The van der Waals surface area contributed by atoms with Gasteiger partial charge in [0, 0.05) is 25.5 Å². The van der Waals surface area contributed by atoms with Crippen molar-refractivity contribution in [2.75, 3.05) is 13.7 Å². The highest BCUT2D eigenvalue weighted by atomic mass is 16.5. The van der Waals surface area contributed by atoms with Crippen molar-refractivity contribution >= 4 is 22.6 Å². The van der Waals surface area contributed by atoms with Crippen molar-refractivity contribution < 1.29 is 14.3 Å². The summed E-state index contributed by atoms with van der Waals surface area (Å²) in [5.74, 6) is 0.988. The molecule has 0 N–H and O–H groups in total. The van der Waals surface area contributed by atoms with Crippen LogP contribution in [0.4, 0.5) is 0 Å². The van der Waals surface area contributed by atoms with E-state index in [1.165, 1.54) is 0 Å². The Hall–Kier alpha value is -2.90. The Balaban J connectivity index is 2.17. The maximum absolute atomic E-state index is 13.2. The molecule has 0 radical (unpaired) electrons. The maximum Gasteiger partial charge on any atom is 0.305 e. The first kappa shape index (κ1) is 18.9. The van der Waals surface area contributed by atoms with Crippen LogP contribution >= 0.6 is 0 Å². The fourth-order valence-corrected chi connectivity index (χ4v) is 3.29. The molecular formula is C19H24N4O4. The first-order chi connectivity index (χ1) is 13.0. The Bertz CT molecular complexity index is 1050. The highest BCUT2D eigenvalue weighted by Gasteiger charge is 2.19. The lowest BCUT2D eigenvalue weighted by Crippen LogP contribution is -2.24. The summed E-state index contributed by atoms with van der Waals surface area (Å²) in [6.45, 7) is 6.34. The molecule has 0 fully saturated rings. The van der Waals surface area contributed by atoms with Gasteiger partial charge in [0.05, 0.1) is 24.9 Å². The second kappa shape index (κ2) is 7.77. The molecule has 0 bridgehead atoms. The van der Waals surface area contributed by atoms with Crippen molar-refractivity contribution in [1.29, 1.82) is 0 Å². The van der Waals surface area contributed by atoms with Crippen molar-refractivity contribution in [3.05, 3.63) is 34.0 Å². The zero-order valence-electron chi connectivity index (χ0n) is 16.1. The molecule has 144 valence electrons. The number of methoxy groups -OCH3 is 1. The average Bonchev–Trinajstić information content (AvgIpc) is 3.01. The molecule has 0 aliphatic rings. The van der Waals surface area contributed by atoms with E-state index in [1.807, 2.05) is 24.3 Å². The Morgan fingerprint density at radius 1 is 1.22 bits per heavy atom. The molecule has 0 unspecified atom stereocenters. The normalized spacial score (nSPS) is 11.3. The van der Waals surface area contributed by atoms with E-state index >= 15 is 0 Å². The van der Waals surface area contributed by atoms with E-state index in [0.717, 1.165) is 5.82 Å². The fraction of sp³-hybridized carbons (Fsp3) is 0.474. The second-order valence-corrected chi connectivity index (χ2v) is 6.21. The van der Waals surface area contributed by atoms with E-state index in [1.54, 1.807) is 24.7 Å². The number of carbonyl (C=O) groups excluding carboxylic acids is 1. The molecule has 3 rings (SSSR count). The van der Waals surface area contributed by atoms with Gasteiger partial charge in [-0.2, -0.15) is 4.98 Å². The summed E-state index contributed by atoms with van der Waals surface area (Å²) in [4.78, 5) is 33.9. The quantitative estimate of drug-likeness (QED) is 0.591. The summed E-state index contributed by atoms with van der Waals surface area (Å²) in [6.07, 6.45) is 1.44. The summed E-state index contributed by atoms with van der Waals surface area (Å²) in [6, 6.07) is 3.55. The van der Waals surface area contributed by atoms with Gasteiger partial charge < -0.3 is 14.0 Å². The van der Waals surface area contributed by atoms with Crippen molar-refractivity contribution in [3.8, 4) is 5.88 Å². The lowest BCUT2D eigenvalue weighted by atomic mass is 10.2. The van der Waals surface area contributed by atoms with Crippen LogP contribution in [-0.2, 0) is 22.5 Å². The monoisotopic (exact) mass is 372 g/mol. The molecule has 0 spiro atoms. The van der Waals surface area contributed by atoms with Gasteiger partial charge in [-0.1, -0.05) is 6.92 Å². The third kappa shape index (κ3) is 3.39. The molecule has 0 saturated carbocycles. The number of hydrogen-bond donors (Lipinski definition) is 0. The Labute approximate surface area is 156 Å². The van der Waals surface area contributed by atoms with Crippen molar-refractivity contribution in [3.63, 3.8) is 0 Å². The number of fused-ring (bicyclic) bond motifs is 3. The average molecular weight is 372 g/mol. The molecule has 3 aromatic rings. The number of ether oxygens (including phenoxy) is 2. The van der Waals surface area contributed by atoms with Gasteiger partial charge in [0.1, 0.15) is 11.3 Å². The van der Waals surface area contributed by atoms with E-state index in [4.69, 9.17) is 9.47 Å². The Kier molecular flexibility index (Phi) is 5.43. The van der Waals surface area contributed by atoms with Crippen LogP contribution in [-0.4, -0.2) is 38.6 Å².